The van der Waals surface area contributed by atoms with Gasteiger partial charge >= 0.3 is 0 Å². The van der Waals surface area contributed by atoms with Crippen LogP contribution in [-0.4, -0.2) is 19.0 Å². The first-order valence-corrected chi connectivity index (χ1v) is 7.64. The smallest absolute Gasteiger partial charge is 0.224 e. The lowest BCUT2D eigenvalue weighted by Gasteiger charge is -2.28. The van der Waals surface area contributed by atoms with Gasteiger partial charge in [0, 0.05) is 12.1 Å². The van der Waals surface area contributed by atoms with Gasteiger partial charge in [-0.1, -0.05) is 25.1 Å². The van der Waals surface area contributed by atoms with Gasteiger partial charge in [-0.3, -0.25) is 4.79 Å². The molecule has 2 rings (SSSR count). The highest BCUT2D eigenvalue weighted by atomic mass is 16.1. The van der Waals surface area contributed by atoms with Gasteiger partial charge in [0.25, 0.3) is 0 Å². The Kier molecular flexibility index (Phi) is 5.18. The van der Waals surface area contributed by atoms with Gasteiger partial charge in [-0.05, 0) is 62.7 Å². The van der Waals surface area contributed by atoms with Crippen molar-refractivity contribution in [2.75, 3.05) is 18.4 Å². The molecule has 3 nitrogen and oxygen atoms in total. The third-order valence-corrected chi connectivity index (χ3v) is 4.39. The number of anilines is 1. The molecule has 0 saturated carbocycles. The van der Waals surface area contributed by atoms with Crippen molar-refractivity contribution in [3.8, 4) is 0 Å². The Bertz CT molecular complexity index is 444. The zero-order valence-corrected chi connectivity index (χ0v) is 12.8. The molecule has 1 fully saturated rings. The molecule has 1 heterocycles. The van der Waals surface area contributed by atoms with E-state index in [2.05, 4.69) is 17.6 Å². The molecular weight excluding hydrogens is 248 g/mol. The van der Waals surface area contributed by atoms with Crippen LogP contribution in [-0.2, 0) is 4.79 Å². The Morgan fingerprint density at radius 1 is 1.40 bits per heavy atom. The highest BCUT2D eigenvalue weighted by molar-refractivity contribution is 5.92. The third kappa shape index (κ3) is 3.83. The fraction of sp³-hybridized carbons (Fsp3) is 0.588. The fourth-order valence-electron chi connectivity index (χ4n) is 3.03. The first kappa shape index (κ1) is 15.0. The molecular formula is C17H26N2O. The molecule has 1 amide bonds. The molecule has 1 aliphatic heterocycles. The number of amides is 1. The van der Waals surface area contributed by atoms with Crippen LogP contribution in [0.4, 0.5) is 5.69 Å². The SMILES string of the molecule is Cc1cccc(C)c1NC(=O)CC(C)C1CCCNC1. The van der Waals surface area contributed by atoms with Gasteiger partial charge in [0.15, 0.2) is 0 Å². The summed E-state index contributed by atoms with van der Waals surface area (Å²) in [5, 5.41) is 6.51. The van der Waals surface area contributed by atoms with Crippen molar-refractivity contribution in [3.63, 3.8) is 0 Å². The van der Waals surface area contributed by atoms with Gasteiger partial charge in [0.2, 0.25) is 5.91 Å². The number of carbonyl (C=O) groups is 1. The summed E-state index contributed by atoms with van der Waals surface area (Å²) < 4.78 is 0. The van der Waals surface area contributed by atoms with Crippen molar-refractivity contribution in [2.24, 2.45) is 11.8 Å². The van der Waals surface area contributed by atoms with E-state index in [4.69, 9.17) is 0 Å². The highest BCUT2D eigenvalue weighted by Crippen LogP contribution is 2.24. The zero-order valence-electron chi connectivity index (χ0n) is 12.8. The van der Waals surface area contributed by atoms with Crippen molar-refractivity contribution in [2.45, 2.75) is 40.0 Å². The summed E-state index contributed by atoms with van der Waals surface area (Å²) in [6.07, 6.45) is 3.08. The minimum atomic E-state index is 0.139. The summed E-state index contributed by atoms with van der Waals surface area (Å²) in [7, 11) is 0. The molecule has 0 aromatic heterocycles. The summed E-state index contributed by atoms with van der Waals surface area (Å²) in [6, 6.07) is 6.10. The number of rotatable bonds is 4. The predicted molar refractivity (Wildman–Crippen MR) is 83.9 cm³/mol. The van der Waals surface area contributed by atoms with Gasteiger partial charge in [-0.2, -0.15) is 0 Å². The second kappa shape index (κ2) is 6.89. The summed E-state index contributed by atoms with van der Waals surface area (Å²) in [6.45, 7) is 8.45. The Morgan fingerprint density at radius 3 is 2.70 bits per heavy atom. The van der Waals surface area contributed by atoms with Crippen LogP contribution in [0.1, 0.15) is 37.3 Å². The van der Waals surface area contributed by atoms with Gasteiger partial charge in [0.05, 0.1) is 0 Å². The minimum absolute atomic E-state index is 0.139. The average molecular weight is 274 g/mol. The minimum Gasteiger partial charge on any atom is -0.326 e. The zero-order chi connectivity index (χ0) is 14.5. The number of nitrogens with one attached hydrogen (secondary N) is 2. The molecule has 0 bridgehead atoms. The van der Waals surface area contributed by atoms with Crippen molar-refractivity contribution in [1.82, 2.24) is 5.32 Å². The van der Waals surface area contributed by atoms with Crippen LogP contribution in [0.15, 0.2) is 18.2 Å². The first-order valence-electron chi connectivity index (χ1n) is 7.64. The van der Waals surface area contributed by atoms with Crippen LogP contribution in [0.25, 0.3) is 0 Å². The standard InChI is InChI=1S/C17H26N2O/c1-12-6-4-7-13(2)17(12)19-16(20)10-14(3)15-8-5-9-18-11-15/h4,6-7,14-15,18H,5,8-11H2,1-3H3,(H,19,20). The van der Waals surface area contributed by atoms with Crippen molar-refractivity contribution >= 4 is 11.6 Å². The largest absolute Gasteiger partial charge is 0.326 e. The Balaban J connectivity index is 1.91. The van der Waals surface area contributed by atoms with Gasteiger partial charge in [-0.15, -0.1) is 0 Å². The maximum Gasteiger partial charge on any atom is 0.224 e. The monoisotopic (exact) mass is 274 g/mol. The summed E-state index contributed by atoms with van der Waals surface area (Å²) in [5.74, 6) is 1.21. The van der Waals surface area contributed by atoms with E-state index in [1.807, 2.05) is 32.0 Å². The van der Waals surface area contributed by atoms with Crippen molar-refractivity contribution < 1.29 is 4.79 Å². The second-order valence-electron chi connectivity index (χ2n) is 6.10. The lowest BCUT2D eigenvalue weighted by Crippen LogP contribution is -2.34. The van der Waals surface area contributed by atoms with Crippen LogP contribution >= 0.6 is 0 Å². The molecule has 110 valence electrons. The summed E-state index contributed by atoms with van der Waals surface area (Å²) >= 11 is 0. The van der Waals surface area contributed by atoms with Crippen LogP contribution in [0.5, 0.6) is 0 Å². The number of piperidine rings is 1. The van der Waals surface area contributed by atoms with Crippen LogP contribution in [0.2, 0.25) is 0 Å². The first-order chi connectivity index (χ1) is 9.58. The maximum atomic E-state index is 12.2. The quantitative estimate of drug-likeness (QED) is 0.884. The van der Waals surface area contributed by atoms with E-state index in [0.29, 0.717) is 18.3 Å². The number of hydrogen-bond donors (Lipinski definition) is 2. The van der Waals surface area contributed by atoms with Crippen LogP contribution in [0.3, 0.4) is 0 Å². The number of carbonyl (C=O) groups excluding carboxylic acids is 1. The van der Waals surface area contributed by atoms with Crippen LogP contribution in [0, 0.1) is 25.7 Å². The number of aryl methyl sites for hydroxylation is 2. The fourth-order valence-corrected chi connectivity index (χ4v) is 3.03. The molecule has 1 aromatic rings. The topological polar surface area (TPSA) is 41.1 Å². The second-order valence-corrected chi connectivity index (χ2v) is 6.10. The van der Waals surface area contributed by atoms with Gasteiger partial charge < -0.3 is 10.6 Å². The van der Waals surface area contributed by atoms with E-state index in [1.54, 1.807) is 0 Å². The van der Waals surface area contributed by atoms with Crippen molar-refractivity contribution in [1.29, 1.82) is 0 Å². The molecule has 20 heavy (non-hydrogen) atoms. The Labute approximate surface area is 122 Å². The van der Waals surface area contributed by atoms with E-state index in [-0.39, 0.29) is 5.91 Å². The van der Waals surface area contributed by atoms with E-state index < -0.39 is 0 Å². The Hall–Kier alpha value is -1.35. The molecule has 3 heteroatoms. The van der Waals surface area contributed by atoms with Gasteiger partial charge in [0.1, 0.15) is 0 Å². The van der Waals surface area contributed by atoms with E-state index in [1.165, 1.54) is 12.8 Å². The van der Waals surface area contributed by atoms with Gasteiger partial charge in [-0.25, -0.2) is 0 Å². The maximum absolute atomic E-state index is 12.2. The molecule has 1 aliphatic rings. The average Bonchev–Trinajstić information content (AvgIpc) is 2.44. The van der Waals surface area contributed by atoms with Crippen molar-refractivity contribution in [3.05, 3.63) is 29.3 Å². The van der Waals surface area contributed by atoms with E-state index >= 15 is 0 Å². The highest BCUT2D eigenvalue weighted by Gasteiger charge is 2.22. The van der Waals surface area contributed by atoms with Crippen LogP contribution < -0.4 is 10.6 Å². The number of hydrogen-bond acceptors (Lipinski definition) is 2. The number of benzene rings is 1. The molecule has 0 spiro atoms. The molecule has 2 atom stereocenters. The molecule has 0 radical (unpaired) electrons. The van der Waals surface area contributed by atoms with E-state index in [0.717, 1.165) is 29.9 Å². The van der Waals surface area contributed by atoms with E-state index in [9.17, 15) is 4.79 Å². The molecule has 2 N–H and O–H groups in total. The lowest BCUT2D eigenvalue weighted by molar-refractivity contribution is -0.117. The molecule has 2 unspecified atom stereocenters. The number of para-hydroxylation sites is 1. The predicted octanol–water partition coefficient (Wildman–Crippen LogP) is 3.27. The molecule has 0 aliphatic carbocycles. The normalized spacial score (nSPS) is 20.4. The summed E-state index contributed by atoms with van der Waals surface area (Å²) in [4.78, 5) is 12.2. The molecule has 1 aromatic carbocycles. The summed E-state index contributed by atoms with van der Waals surface area (Å²) in [5.41, 5.74) is 3.24. The Morgan fingerprint density at radius 2 is 2.10 bits per heavy atom. The molecule has 1 saturated heterocycles. The third-order valence-electron chi connectivity index (χ3n) is 4.39. The lowest BCUT2D eigenvalue weighted by atomic mass is 9.85.